The van der Waals surface area contributed by atoms with Crippen LogP contribution in [-0.4, -0.2) is 31.3 Å². The second kappa shape index (κ2) is 7.11. The second-order valence-corrected chi connectivity index (χ2v) is 6.37. The van der Waals surface area contributed by atoms with Gasteiger partial charge in [0.2, 0.25) is 0 Å². The minimum Gasteiger partial charge on any atom is -0.394 e. The Labute approximate surface area is 148 Å². The van der Waals surface area contributed by atoms with Gasteiger partial charge >= 0.3 is 0 Å². The third-order valence-electron chi connectivity index (χ3n) is 4.46. The highest BCUT2D eigenvalue weighted by atomic mass is 16.3. The average molecular weight is 339 g/mol. The van der Waals surface area contributed by atoms with Crippen molar-refractivity contribution in [3.05, 3.63) is 58.5 Å². The molecule has 6 heteroatoms. The van der Waals surface area contributed by atoms with E-state index in [1.807, 2.05) is 36.2 Å². The van der Waals surface area contributed by atoms with Crippen LogP contribution in [0.1, 0.15) is 28.2 Å². The smallest absolute Gasteiger partial charge is 0.148 e. The van der Waals surface area contributed by atoms with E-state index in [2.05, 4.69) is 46.7 Å². The number of nitrogens with zero attached hydrogens (tertiary/aromatic N) is 4. The number of hydrogen-bond donors (Lipinski definition) is 2. The topological polar surface area (TPSA) is 67.9 Å². The van der Waals surface area contributed by atoms with Crippen LogP contribution >= 0.6 is 0 Å². The van der Waals surface area contributed by atoms with Crippen molar-refractivity contribution < 1.29 is 5.11 Å². The number of hydrogen-bond acceptors (Lipinski definition) is 4. The summed E-state index contributed by atoms with van der Waals surface area (Å²) in [5, 5.41) is 21.7. The van der Waals surface area contributed by atoms with Crippen LogP contribution in [0.15, 0.2) is 30.3 Å². The zero-order valence-corrected chi connectivity index (χ0v) is 15.2. The fraction of sp³-hybridized carbons (Fsp3) is 0.368. The van der Waals surface area contributed by atoms with E-state index in [4.69, 9.17) is 5.11 Å². The minimum atomic E-state index is 0.0922. The maximum Gasteiger partial charge on any atom is 0.148 e. The average Bonchev–Trinajstić information content (AvgIpc) is 3.07. The van der Waals surface area contributed by atoms with Crippen molar-refractivity contribution in [2.75, 3.05) is 11.9 Å². The molecule has 0 bridgehead atoms. The van der Waals surface area contributed by atoms with Gasteiger partial charge in [-0.1, -0.05) is 17.7 Å². The van der Waals surface area contributed by atoms with Gasteiger partial charge in [-0.2, -0.15) is 10.2 Å². The van der Waals surface area contributed by atoms with E-state index < -0.39 is 0 Å². The fourth-order valence-corrected chi connectivity index (χ4v) is 2.99. The number of rotatable bonds is 6. The van der Waals surface area contributed by atoms with Crippen LogP contribution in [0.4, 0.5) is 5.82 Å². The molecule has 0 saturated carbocycles. The van der Waals surface area contributed by atoms with Crippen LogP contribution < -0.4 is 5.32 Å². The maximum absolute atomic E-state index is 9.12. The third-order valence-corrected chi connectivity index (χ3v) is 4.46. The van der Waals surface area contributed by atoms with Crippen molar-refractivity contribution in [3.8, 4) is 5.69 Å². The van der Waals surface area contributed by atoms with Crippen molar-refractivity contribution in [2.45, 2.75) is 40.8 Å². The highest BCUT2D eigenvalue weighted by Gasteiger charge is 2.12. The molecule has 132 valence electrons. The molecule has 3 rings (SSSR count). The number of aliphatic hydroxyl groups excluding tert-OH is 1. The molecule has 0 amide bonds. The van der Waals surface area contributed by atoms with Crippen LogP contribution in [0, 0.1) is 27.7 Å². The van der Waals surface area contributed by atoms with E-state index in [1.165, 1.54) is 5.56 Å². The Morgan fingerprint density at radius 2 is 1.76 bits per heavy atom. The van der Waals surface area contributed by atoms with Crippen LogP contribution in [-0.2, 0) is 13.1 Å². The van der Waals surface area contributed by atoms with Crippen molar-refractivity contribution in [1.29, 1.82) is 0 Å². The summed E-state index contributed by atoms with van der Waals surface area (Å²) in [6.07, 6.45) is 0. The maximum atomic E-state index is 9.12. The van der Waals surface area contributed by atoms with Gasteiger partial charge in [0, 0.05) is 29.6 Å². The summed E-state index contributed by atoms with van der Waals surface area (Å²) in [5.41, 5.74) is 6.57. The molecule has 25 heavy (non-hydrogen) atoms. The summed E-state index contributed by atoms with van der Waals surface area (Å²) in [5.74, 6) is 0.840. The monoisotopic (exact) mass is 339 g/mol. The number of anilines is 1. The molecule has 0 radical (unpaired) electrons. The molecule has 2 aromatic heterocycles. The molecule has 6 nitrogen and oxygen atoms in total. The summed E-state index contributed by atoms with van der Waals surface area (Å²) in [6, 6.07) is 10.4. The number of nitrogens with one attached hydrogen (secondary N) is 1. The van der Waals surface area contributed by atoms with Crippen molar-refractivity contribution >= 4 is 5.82 Å². The van der Waals surface area contributed by atoms with Gasteiger partial charge in [-0.15, -0.1) is 0 Å². The van der Waals surface area contributed by atoms with Gasteiger partial charge in [0.05, 0.1) is 24.5 Å². The summed E-state index contributed by atoms with van der Waals surface area (Å²) in [6.45, 7) is 9.43. The molecule has 0 atom stereocenters. The van der Waals surface area contributed by atoms with Gasteiger partial charge in [0.15, 0.2) is 0 Å². The Morgan fingerprint density at radius 1 is 1.04 bits per heavy atom. The lowest BCUT2D eigenvalue weighted by molar-refractivity contribution is 0.268. The minimum absolute atomic E-state index is 0.0922. The van der Waals surface area contributed by atoms with Gasteiger partial charge in [0.25, 0.3) is 0 Å². The number of aromatic nitrogens is 4. The molecular formula is C19H25N5O. The summed E-state index contributed by atoms with van der Waals surface area (Å²) in [4.78, 5) is 0. The molecule has 0 fully saturated rings. The van der Waals surface area contributed by atoms with Crippen molar-refractivity contribution in [3.63, 3.8) is 0 Å². The predicted octanol–water partition coefficient (Wildman–Crippen LogP) is 2.91. The van der Waals surface area contributed by atoms with E-state index in [1.54, 1.807) is 0 Å². The number of aliphatic hydroxyl groups is 1. The first-order chi connectivity index (χ1) is 12.0. The second-order valence-electron chi connectivity index (χ2n) is 6.37. The Bertz CT molecular complexity index is 861. The van der Waals surface area contributed by atoms with Crippen molar-refractivity contribution in [2.24, 2.45) is 0 Å². The lowest BCUT2D eigenvalue weighted by atomic mass is 10.2. The van der Waals surface area contributed by atoms with E-state index in [0.717, 1.165) is 34.2 Å². The number of benzene rings is 1. The summed E-state index contributed by atoms with van der Waals surface area (Å²) in [7, 11) is 0. The summed E-state index contributed by atoms with van der Waals surface area (Å²) >= 11 is 0. The van der Waals surface area contributed by atoms with Crippen LogP contribution in [0.3, 0.4) is 0 Å². The summed E-state index contributed by atoms with van der Waals surface area (Å²) < 4.78 is 3.79. The van der Waals surface area contributed by atoms with Gasteiger partial charge in [-0.25, -0.2) is 4.68 Å². The fourth-order valence-electron chi connectivity index (χ4n) is 2.99. The molecule has 0 aliphatic heterocycles. The Balaban J connectivity index is 1.77. The van der Waals surface area contributed by atoms with Gasteiger partial charge in [0.1, 0.15) is 5.82 Å². The molecule has 0 aliphatic carbocycles. The Hall–Kier alpha value is -2.60. The third kappa shape index (κ3) is 3.58. The van der Waals surface area contributed by atoms with Gasteiger partial charge in [-0.05, 0) is 39.8 Å². The molecular weight excluding hydrogens is 314 g/mol. The van der Waals surface area contributed by atoms with E-state index in [-0.39, 0.29) is 6.61 Å². The predicted molar refractivity (Wildman–Crippen MR) is 99.2 cm³/mol. The molecule has 0 saturated heterocycles. The van der Waals surface area contributed by atoms with Crippen LogP contribution in [0.5, 0.6) is 0 Å². The highest BCUT2D eigenvalue weighted by Crippen LogP contribution is 2.18. The molecule has 3 aromatic rings. The Morgan fingerprint density at radius 3 is 2.44 bits per heavy atom. The lowest BCUT2D eigenvalue weighted by Crippen LogP contribution is -2.07. The van der Waals surface area contributed by atoms with E-state index in [9.17, 15) is 0 Å². The van der Waals surface area contributed by atoms with Crippen LogP contribution in [0.25, 0.3) is 5.69 Å². The molecule has 2 N–H and O–H groups in total. The zero-order valence-electron chi connectivity index (χ0n) is 15.2. The Kier molecular flexibility index (Phi) is 4.90. The highest BCUT2D eigenvalue weighted by molar-refractivity contribution is 5.43. The largest absolute Gasteiger partial charge is 0.394 e. The number of aryl methyl sites for hydroxylation is 3. The van der Waals surface area contributed by atoms with Crippen LogP contribution in [0.2, 0.25) is 0 Å². The standard InChI is InChI=1S/C19H25N5O/c1-13-5-7-17(8-6-13)24-14(2)11-19(22-24)20-12-18-15(3)21-23(9-10-25)16(18)4/h5-8,11,25H,9-10,12H2,1-4H3,(H,20,22). The van der Waals surface area contributed by atoms with E-state index >= 15 is 0 Å². The first-order valence-corrected chi connectivity index (χ1v) is 8.51. The van der Waals surface area contributed by atoms with Gasteiger partial charge < -0.3 is 10.4 Å². The van der Waals surface area contributed by atoms with Gasteiger partial charge in [-0.3, -0.25) is 4.68 Å². The molecule has 1 aromatic carbocycles. The lowest BCUT2D eigenvalue weighted by Gasteiger charge is -2.06. The van der Waals surface area contributed by atoms with Crippen molar-refractivity contribution in [1.82, 2.24) is 19.6 Å². The molecule has 0 aliphatic rings. The molecule has 2 heterocycles. The quantitative estimate of drug-likeness (QED) is 0.724. The SMILES string of the molecule is Cc1ccc(-n2nc(NCc3c(C)nn(CCO)c3C)cc2C)cc1. The first-order valence-electron chi connectivity index (χ1n) is 8.51. The normalized spacial score (nSPS) is 11.1. The molecule has 0 unspecified atom stereocenters. The van der Waals surface area contributed by atoms with E-state index in [0.29, 0.717) is 13.1 Å². The molecule has 0 spiro atoms. The first kappa shape index (κ1) is 17.2. The zero-order chi connectivity index (χ0) is 18.0.